The van der Waals surface area contributed by atoms with E-state index in [1.54, 1.807) is 23.8 Å². The molecule has 3 rings (SSSR count). The van der Waals surface area contributed by atoms with Crippen LogP contribution in [0, 0.1) is 17.8 Å². The predicted octanol–water partition coefficient (Wildman–Crippen LogP) is 12.8. The molecular weight excluding hydrogens is 643 g/mol. The number of aryl methyl sites for hydroxylation is 1. The molecule has 2 aromatic heterocycles. The number of hydrogen-bond donors (Lipinski definition) is 2. The molecule has 1 aliphatic carbocycles. The van der Waals surface area contributed by atoms with Gasteiger partial charge in [-0.05, 0) is 69.7 Å². The Bertz CT molecular complexity index is 1430. The van der Waals surface area contributed by atoms with Gasteiger partial charge in [0, 0.05) is 11.6 Å². The summed E-state index contributed by atoms with van der Waals surface area (Å²) >= 11 is 0. The van der Waals surface area contributed by atoms with Crippen LogP contribution in [0.4, 0.5) is 0 Å². The van der Waals surface area contributed by atoms with Crippen molar-refractivity contribution < 1.29 is 4.74 Å². The number of hydrogen-bond acceptors (Lipinski definition) is 5. The van der Waals surface area contributed by atoms with Gasteiger partial charge in [0.05, 0.1) is 7.11 Å². The molecule has 2 heterocycles. The molecule has 0 atom stereocenters. The van der Waals surface area contributed by atoms with Gasteiger partial charge < -0.3 is 10.1 Å². The van der Waals surface area contributed by atoms with Gasteiger partial charge in [0.1, 0.15) is 5.82 Å². The molecule has 7 heteroatoms. The second kappa shape index (κ2) is 35.5. The molecule has 0 spiro atoms. The molecule has 52 heavy (non-hydrogen) atoms. The maximum absolute atomic E-state index is 11.5. The first kappa shape index (κ1) is 57.4. The fourth-order valence-corrected chi connectivity index (χ4v) is 3.20. The monoisotopic (exact) mass is 724 g/mol. The maximum atomic E-state index is 11.5. The molecule has 298 valence electrons. The SMILES string of the molecule is C=C(C)C(C)(C)C.C=CCC=C=C(C=C)OC.CC.CC.CC.CC.CCCNC.Cc1nc(C2=CC=C(C(C)(C)C)CC=C2)nc2cc(=O)[nH]n12. The van der Waals surface area contributed by atoms with Crippen LogP contribution >= 0.6 is 0 Å². The number of allylic oxidation sites excluding steroid dienone is 9. The number of H-pyrrole nitrogens is 1. The number of aromatic amines is 1. The number of rotatable bonds is 7. The average molecular weight is 724 g/mol. The lowest BCUT2D eigenvalue weighted by atomic mass is 9.84. The molecule has 0 aliphatic heterocycles. The number of fused-ring (bicyclic) bond motifs is 1. The second-order valence-electron chi connectivity index (χ2n) is 12.4. The minimum absolute atomic E-state index is 0.144. The summed E-state index contributed by atoms with van der Waals surface area (Å²) in [4.78, 5) is 20.4. The smallest absolute Gasteiger partial charge is 0.266 e. The van der Waals surface area contributed by atoms with Crippen molar-refractivity contribution in [3.63, 3.8) is 0 Å². The van der Waals surface area contributed by atoms with E-state index >= 15 is 0 Å². The number of nitrogens with one attached hydrogen (secondary N) is 2. The quantitative estimate of drug-likeness (QED) is 0.129. The first-order valence-electron chi connectivity index (χ1n) is 19.1. The van der Waals surface area contributed by atoms with Gasteiger partial charge >= 0.3 is 0 Å². The molecular formula is C45H81N5O2. The molecule has 0 radical (unpaired) electrons. The van der Waals surface area contributed by atoms with Crippen molar-refractivity contribution in [2.45, 2.75) is 137 Å². The highest BCUT2D eigenvalue weighted by Crippen LogP contribution is 2.31. The van der Waals surface area contributed by atoms with Gasteiger partial charge in [0.2, 0.25) is 0 Å². The highest BCUT2D eigenvalue weighted by atomic mass is 16.5. The van der Waals surface area contributed by atoms with Gasteiger partial charge in [-0.2, -0.15) is 0 Å². The number of ether oxygens (including phenoxy) is 1. The molecule has 0 unspecified atom stereocenters. The zero-order chi connectivity index (χ0) is 41.9. The van der Waals surface area contributed by atoms with Crippen LogP contribution in [-0.2, 0) is 4.74 Å². The normalized spacial score (nSPS) is 10.8. The summed E-state index contributed by atoms with van der Waals surface area (Å²) in [6.07, 6.45) is 16.6. The van der Waals surface area contributed by atoms with Crippen LogP contribution in [-0.4, -0.2) is 40.3 Å². The van der Waals surface area contributed by atoms with Gasteiger partial charge in [0.25, 0.3) is 5.56 Å². The molecule has 0 fully saturated rings. The predicted molar refractivity (Wildman–Crippen MR) is 235 cm³/mol. The van der Waals surface area contributed by atoms with E-state index in [2.05, 4.69) is 119 Å². The summed E-state index contributed by atoms with van der Waals surface area (Å²) in [6, 6.07) is 1.48. The van der Waals surface area contributed by atoms with E-state index in [0.717, 1.165) is 25.0 Å². The van der Waals surface area contributed by atoms with Crippen LogP contribution in [0.1, 0.15) is 142 Å². The topological polar surface area (TPSA) is 84.3 Å². The van der Waals surface area contributed by atoms with Crippen LogP contribution in [0.3, 0.4) is 0 Å². The van der Waals surface area contributed by atoms with Gasteiger partial charge in [-0.3, -0.25) is 9.89 Å². The van der Waals surface area contributed by atoms with Crippen molar-refractivity contribution in [2.24, 2.45) is 10.8 Å². The van der Waals surface area contributed by atoms with Gasteiger partial charge in [-0.25, -0.2) is 14.5 Å². The lowest BCUT2D eigenvalue weighted by Gasteiger charge is -2.21. The fourth-order valence-electron chi connectivity index (χ4n) is 3.20. The summed E-state index contributed by atoms with van der Waals surface area (Å²) < 4.78 is 6.47. The van der Waals surface area contributed by atoms with Crippen molar-refractivity contribution in [3.05, 3.63) is 113 Å². The third-order valence-electron chi connectivity index (χ3n) is 6.56. The Kier molecular flexibility index (Phi) is 39.2. The molecule has 2 N–H and O–H groups in total. The Hall–Kier alpha value is -3.93. The van der Waals surface area contributed by atoms with Crippen molar-refractivity contribution in [3.8, 4) is 0 Å². The van der Waals surface area contributed by atoms with Crippen LogP contribution in [0.2, 0.25) is 0 Å². The number of methoxy groups -OCH3 is 1. The molecule has 0 saturated heterocycles. The first-order chi connectivity index (χ1) is 24.5. The molecule has 2 aromatic rings. The van der Waals surface area contributed by atoms with Gasteiger partial charge in [-0.15, -0.1) is 6.58 Å². The number of nitrogens with zero attached hydrogens (tertiary/aromatic N) is 3. The molecule has 0 aromatic carbocycles. The maximum Gasteiger partial charge on any atom is 0.266 e. The second-order valence-corrected chi connectivity index (χ2v) is 12.4. The van der Waals surface area contributed by atoms with E-state index in [9.17, 15) is 4.79 Å². The minimum atomic E-state index is -0.171. The van der Waals surface area contributed by atoms with Crippen molar-refractivity contribution in [2.75, 3.05) is 20.7 Å². The van der Waals surface area contributed by atoms with E-state index in [0.29, 0.717) is 28.5 Å². The summed E-state index contributed by atoms with van der Waals surface area (Å²) in [5.74, 6) is 2.00. The highest BCUT2D eigenvalue weighted by Gasteiger charge is 2.17. The average Bonchev–Trinajstić information content (AvgIpc) is 3.33. The number of aromatic nitrogens is 4. The summed E-state index contributed by atoms with van der Waals surface area (Å²) in [5.41, 5.74) is 7.34. The van der Waals surface area contributed by atoms with E-state index in [4.69, 9.17) is 4.74 Å². The molecule has 0 saturated carbocycles. The van der Waals surface area contributed by atoms with Gasteiger partial charge in [-0.1, -0.05) is 164 Å². The van der Waals surface area contributed by atoms with Crippen LogP contribution in [0.5, 0.6) is 0 Å². The first-order valence-corrected chi connectivity index (χ1v) is 19.1. The Morgan fingerprint density at radius 2 is 1.56 bits per heavy atom. The molecule has 0 amide bonds. The van der Waals surface area contributed by atoms with Crippen molar-refractivity contribution in [1.29, 1.82) is 0 Å². The Morgan fingerprint density at radius 3 is 1.94 bits per heavy atom. The van der Waals surface area contributed by atoms with E-state index in [1.807, 2.05) is 81.5 Å². The lowest BCUT2D eigenvalue weighted by Crippen LogP contribution is -2.08. The largest absolute Gasteiger partial charge is 0.489 e. The molecule has 7 nitrogen and oxygen atoms in total. The Morgan fingerprint density at radius 1 is 1.02 bits per heavy atom. The van der Waals surface area contributed by atoms with E-state index < -0.39 is 0 Å². The summed E-state index contributed by atoms with van der Waals surface area (Å²) in [5, 5.41) is 5.70. The van der Waals surface area contributed by atoms with Gasteiger partial charge in [0.15, 0.2) is 17.2 Å². The van der Waals surface area contributed by atoms with E-state index in [1.165, 1.54) is 23.6 Å². The summed E-state index contributed by atoms with van der Waals surface area (Å²) in [7, 11) is 3.55. The summed E-state index contributed by atoms with van der Waals surface area (Å²) in [6.45, 7) is 47.2. The zero-order valence-corrected chi connectivity index (χ0v) is 37.2. The Labute approximate surface area is 321 Å². The standard InChI is InChI=1S/C17H20N4O.C9H12O.C7H14.C4H11N.4C2H6/c1-11-18-16(19-14-10-15(22)20-21(11)14)12-6-5-7-13(9-8-12)17(2,3)4;1-4-6-7-8-9(5-2)10-3;1-6(2)7(3,4)5;1-3-4-5-2;4*1-2/h5-6,8-10H,7H2,1-4H3,(H,20,22);4-5,7H,1-2,6H2,3H3;1H2,2-5H3;5H,3-4H2,1-2H3;4*1-2H3. The molecule has 0 bridgehead atoms. The lowest BCUT2D eigenvalue weighted by molar-refractivity contribution is 0.308. The van der Waals surface area contributed by atoms with Crippen molar-refractivity contribution in [1.82, 2.24) is 24.9 Å². The van der Waals surface area contributed by atoms with Crippen LogP contribution < -0.4 is 10.9 Å². The highest BCUT2D eigenvalue weighted by molar-refractivity contribution is 5.72. The third-order valence-corrected chi connectivity index (χ3v) is 6.56. The minimum Gasteiger partial charge on any atom is -0.489 e. The van der Waals surface area contributed by atoms with E-state index in [-0.39, 0.29) is 11.0 Å². The molecule has 1 aliphatic rings. The Balaban J connectivity index is -0.000000206. The van der Waals surface area contributed by atoms with Crippen LogP contribution in [0.25, 0.3) is 11.2 Å². The fraction of sp³-hybridized carbons (Fsp3) is 0.556. The van der Waals surface area contributed by atoms with Crippen LogP contribution in [0.15, 0.2) is 95.8 Å². The van der Waals surface area contributed by atoms with Crippen molar-refractivity contribution >= 4 is 11.2 Å². The zero-order valence-electron chi connectivity index (χ0n) is 37.2. The third kappa shape index (κ3) is 27.8.